The standard InChI is InChI=1S/C10H15N3O3S/c11-9-6(10(16)13-12)5-17-7(9)3-1-2-4-8(14)15/h5H,1-4,11-12H2,(H,13,16)(H,14,15). The number of carbonyl (C=O) groups is 2. The van der Waals surface area contributed by atoms with Gasteiger partial charge in [0.1, 0.15) is 0 Å². The fourth-order valence-electron chi connectivity index (χ4n) is 1.42. The van der Waals surface area contributed by atoms with Crippen LogP contribution in [-0.2, 0) is 11.2 Å². The average molecular weight is 257 g/mol. The molecule has 17 heavy (non-hydrogen) atoms. The zero-order chi connectivity index (χ0) is 12.8. The monoisotopic (exact) mass is 257 g/mol. The van der Waals surface area contributed by atoms with Crippen LogP contribution in [-0.4, -0.2) is 17.0 Å². The lowest BCUT2D eigenvalue weighted by Gasteiger charge is -2.01. The van der Waals surface area contributed by atoms with Crippen LogP contribution in [0.2, 0.25) is 0 Å². The number of hydrogen-bond acceptors (Lipinski definition) is 5. The zero-order valence-corrected chi connectivity index (χ0v) is 10.0. The van der Waals surface area contributed by atoms with Gasteiger partial charge in [0.2, 0.25) is 0 Å². The van der Waals surface area contributed by atoms with Gasteiger partial charge in [-0.2, -0.15) is 0 Å². The highest BCUT2D eigenvalue weighted by molar-refractivity contribution is 7.10. The third kappa shape index (κ3) is 3.72. The number of carboxylic acid groups (broad SMARTS) is 1. The molecule has 1 rings (SSSR count). The smallest absolute Gasteiger partial charge is 0.303 e. The van der Waals surface area contributed by atoms with E-state index in [9.17, 15) is 9.59 Å². The van der Waals surface area contributed by atoms with Crippen LogP contribution >= 0.6 is 11.3 Å². The molecule has 94 valence electrons. The van der Waals surface area contributed by atoms with Crippen LogP contribution < -0.4 is 17.0 Å². The number of thiophene rings is 1. The lowest BCUT2D eigenvalue weighted by Crippen LogP contribution is -2.30. The van der Waals surface area contributed by atoms with Crippen molar-refractivity contribution in [3.8, 4) is 0 Å². The molecule has 0 aliphatic heterocycles. The number of nitrogen functional groups attached to an aromatic ring is 2. The molecule has 0 aliphatic carbocycles. The van der Waals surface area contributed by atoms with Gasteiger partial charge in [-0.15, -0.1) is 11.3 Å². The maximum Gasteiger partial charge on any atom is 0.303 e. The van der Waals surface area contributed by atoms with Crippen molar-refractivity contribution in [2.24, 2.45) is 5.84 Å². The van der Waals surface area contributed by atoms with Gasteiger partial charge >= 0.3 is 5.97 Å². The third-order valence-corrected chi connectivity index (χ3v) is 3.39. The predicted molar refractivity (Wildman–Crippen MR) is 65.6 cm³/mol. The summed E-state index contributed by atoms with van der Waals surface area (Å²) in [5.74, 6) is 3.82. The minimum absolute atomic E-state index is 0.154. The number of nitrogens with two attached hydrogens (primary N) is 2. The molecule has 0 saturated heterocycles. The average Bonchev–Trinajstić information content (AvgIpc) is 2.65. The molecule has 0 unspecified atom stereocenters. The number of aryl methyl sites for hydroxylation is 1. The summed E-state index contributed by atoms with van der Waals surface area (Å²) < 4.78 is 0. The van der Waals surface area contributed by atoms with Gasteiger partial charge in [0.15, 0.2) is 0 Å². The Morgan fingerprint density at radius 3 is 2.71 bits per heavy atom. The molecule has 0 atom stereocenters. The van der Waals surface area contributed by atoms with Crippen molar-refractivity contribution in [3.05, 3.63) is 15.8 Å². The minimum atomic E-state index is -0.799. The first-order chi connectivity index (χ1) is 8.06. The van der Waals surface area contributed by atoms with E-state index in [0.29, 0.717) is 24.1 Å². The first-order valence-electron chi connectivity index (χ1n) is 5.14. The number of anilines is 1. The number of hydrogen-bond donors (Lipinski definition) is 4. The Bertz CT molecular complexity index is 417. The van der Waals surface area contributed by atoms with E-state index in [1.807, 2.05) is 5.43 Å². The van der Waals surface area contributed by atoms with Gasteiger partial charge in [-0.3, -0.25) is 15.0 Å². The summed E-state index contributed by atoms with van der Waals surface area (Å²) in [4.78, 5) is 22.5. The molecule has 0 aliphatic rings. The summed E-state index contributed by atoms with van der Waals surface area (Å²) in [6.07, 6.45) is 2.18. The minimum Gasteiger partial charge on any atom is -0.481 e. The highest BCUT2D eigenvalue weighted by Crippen LogP contribution is 2.26. The number of amides is 1. The Labute approximate surface area is 103 Å². The molecule has 0 bridgehead atoms. The number of carboxylic acids is 1. The highest BCUT2D eigenvalue weighted by atomic mass is 32.1. The molecule has 1 aromatic heterocycles. The van der Waals surface area contributed by atoms with Crippen molar-refractivity contribution in [2.75, 3.05) is 5.73 Å². The number of nitrogens with one attached hydrogen (secondary N) is 1. The Kier molecular flexibility index (Phi) is 4.92. The summed E-state index contributed by atoms with van der Waals surface area (Å²) >= 11 is 1.39. The van der Waals surface area contributed by atoms with Gasteiger partial charge in [-0.1, -0.05) is 0 Å². The summed E-state index contributed by atoms with van der Waals surface area (Å²) in [5.41, 5.74) is 8.65. The molecule has 0 saturated carbocycles. The van der Waals surface area contributed by atoms with Crippen LogP contribution in [0.3, 0.4) is 0 Å². The summed E-state index contributed by atoms with van der Waals surface area (Å²) in [6, 6.07) is 0. The SMILES string of the molecule is NNC(=O)c1csc(CCCCC(=O)O)c1N. The number of carbonyl (C=O) groups excluding carboxylic acids is 1. The van der Waals surface area contributed by atoms with Gasteiger partial charge in [0, 0.05) is 16.7 Å². The van der Waals surface area contributed by atoms with E-state index in [0.717, 1.165) is 11.3 Å². The second kappa shape index (κ2) is 6.21. The summed E-state index contributed by atoms with van der Waals surface area (Å²) in [5, 5.41) is 10.1. The van der Waals surface area contributed by atoms with Crippen LogP contribution in [0.5, 0.6) is 0 Å². The molecule has 1 aromatic rings. The second-order valence-electron chi connectivity index (χ2n) is 3.56. The van der Waals surface area contributed by atoms with Crippen molar-refractivity contribution in [3.63, 3.8) is 0 Å². The second-order valence-corrected chi connectivity index (χ2v) is 4.52. The van der Waals surface area contributed by atoms with E-state index in [-0.39, 0.29) is 6.42 Å². The molecular formula is C10H15N3O3S. The maximum atomic E-state index is 11.3. The molecule has 1 heterocycles. The maximum absolute atomic E-state index is 11.3. The van der Waals surface area contributed by atoms with Crippen molar-refractivity contribution in [2.45, 2.75) is 25.7 Å². The molecule has 6 nitrogen and oxygen atoms in total. The Balaban J connectivity index is 2.52. The lowest BCUT2D eigenvalue weighted by atomic mass is 10.1. The van der Waals surface area contributed by atoms with Crippen LogP contribution in [0.4, 0.5) is 5.69 Å². The molecule has 1 amide bonds. The molecule has 7 heteroatoms. The predicted octanol–water partition coefficient (Wildman–Crippen LogP) is 0.731. The van der Waals surface area contributed by atoms with Gasteiger partial charge in [-0.05, 0) is 19.3 Å². The van der Waals surface area contributed by atoms with Crippen LogP contribution in [0.25, 0.3) is 0 Å². The number of unbranched alkanes of at least 4 members (excludes halogenated alkanes) is 1. The first kappa shape index (κ1) is 13.5. The van der Waals surface area contributed by atoms with Crippen molar-refractivity contribution < 1.29 is 14.7 Å². The van der Waals surface area contributed by atoms with E-state index >= 15 is 0 Å². The third-order valence-electron chi connectivity index (χ3n) is 2.33. The van der Waals surface area contributed by atoms with Crippen molar-refractivity contribution in [1.82, 2.24) is 5.43 Å². The summed E-state index contributed by atoms with van der Waals surface area (Å²) in [6.45, 7) is 0. The molecule has 0 aromatic carbocycles. The van der Waals surface area contributed by atoms with Crippen LogP contribution in [0, 0.1) is 0 Å². The molecular weight excluding hydrogens is 242 g/mol. The number of rotatable bonds is 6. The molecule has 0 radical (unpaired) electrons. The lowest BCUT2D eigenvalue weighted by molar-refractivity contribution is -0.137. The topological polar surface area (TPSA) is 118 Å². The highest BCUT2D eigenvalue weighted by Gasteiger charge is 2.14. The van der Waals surface area contributed by atoms with Crippen molar-refractivity contribution in [1.29, 1.82) is 0 Å². The van der Waals surface area contributed by atoms with Crippen LogP contribution in [0.1, 0.15) is 34.5 Å². The van der Waals surface area contributed by atoms with E-state index in [4.69, 9.17) is 16.7 Å². The molecule has 0 spiro atoms. The Hall–Kier alpha value is -1.60. The normalized spacial score (nSPS) is 10.2. The first-order valence-corrected chi connectivity index (χ1v) is 6.02. The van der Waals surface area contributed by atoms with Gasteiger partial charge in [-0.25, -0.2) is 5.84 Å². The van der Waals surface area contributed by atoms with E-state index in [1.165, 1.54) is 11.3 Å². The Morgan fingerprint density at radius 2 is 2.12 bits per heavy atom. The zero-order valence-electron chi connectivity index (χ0n) is 9.23. The summed E-state index contributed by atoms with van der Waals surface area (Å²) in [7, 11) is 0. The Morgan fingerprint density at radius 1 is 1.41 bits per heavy atom. The van der Waals surface area contributed by atoms with Gasteiger partial charge in [0.05, 0.1) is 11.3 Å². The fraction of sp³-hybridized carbons (Fsp3) is 0.400. The quantitative estimate of drug-likeness (QED) is 0.259. The van der Waals surface area contributed by atoms with Gasteiger partial charge in [0.25, 0.3) is 5.91 Å². The largest absolute Gasteiger partial charge is 0.481 e. The van der Waals surface area contributed by atoms with Crippen molar-refractivity contribution >= 4 is 28.9 Å². The number of aliphatic carboxylic acids is 1. The molecule has 6 N–H and O–H groups in total. The van der Waals surface area contributed by atoms with E-state index in [1.54, 1.807) is 5.38 Å². The van der Waals surface area contributed by atoms with Gasteiger partial charge < -0.3 is 10.8 Å². The fourth-order valence-corrected chi connectivity index (χ4v) is 2.41. The van der Waals surface area contributed by atoms with E-state index in [2.05, 4.69) is 0 Å². The molecule has 0 fully saturated rings. The number of hydrazine groups is 1. The van der Waals surface area contributed by atoms with E-state index < -0.39 is 11.9 Å². The van der Waals surface area contributed by atoms with Crippen LogP contribution in [0.15, 0.2) is 5.38 Å².